The summed E-state index contributed by atoms with van der Waals surface area (Å²) in [6, 6.07) is 0.859. The lowest BCUT2D eigenvalue weighted by Crippen LogP contribution is -2.61. The SMILES string of the molecule is C[C@H](C[N+]1(C)CCOCC1)OC[C@@H]1CCC[N@+]2(C)CCCC[C@H]12. The second kappa shape index (κ2) is 7.38. The zero-order valence-electron chi connectivity index (χ0n) is 15.6. The van der Waals surface area contributed by atoms with Crippen LogP contribution >= 0.6 is 0 Å². The van der Waals surface area contributed by atoms with Gasteiger partial charge in [0.15, 0.2) is 0 Å². The summed E-state index contributed by atoms with van der Waals surface area (Å²) in [7, 11) is 4.86. The highest BCUT2D eigenvalue weighted by Crippen LogP contribution is 2.36. The van der Waals surface area contributed by atoms with Crippen LogP contribution in [0, 0.1) is 5.92 Å². The van der Waals surface area contributed by atoms with Crippen molar-refractivity contribution in [3.05, 3.63) is 0 Å². The van der Waals surface area contributed by atoms with Crippen LogP contribution in [0.25, 0.3) is 0 Å². The average Bonchev–Trinajstić information content (AvgIpc) is 2.52. The molecule has 0 radical (unpaired) electrons. The predicted octanol–water partition coefficient (Wildman–Crippen LogP) is 2.28. The molecule has 0 N–H and O–H groups in total. The summed E-state index contributed by atoms with van der Waals surface area (Å²) in [5.74, 6) is 0.784. The Hall–Kier alpha value is -0.160. The van der Waals surface area contributed by atoms with Gasteiger partial charge in [-0.1, -0.05) is 0 Å². The van der Waals surface area contributed by atoms with E-state index in [1.54, 1.807) is 0 Å². The van der Waals surface area contributed by atoms with Crippen molar-refractivity contribution in [3.63, 3.8) is 0 Å². The van der Waals surface area contributed by atoms with Crippen LogP contribution < -0.4 is 0 Å². The molecule has 0 aliphatic carbocycles. The quantitative estimate of drug-likeness (QED) is 0.722. The van der Waals surface area contributed by atoms with Gasteiger partial charge in [-0.25, -0.2) is 0 Å². The van der Waals surface area contributed by atoms with E-state index in [-0.39, 0.29) is 0 Å². The lowest BCUT2D eigenvalue weighted by Gasteiger charge is -2.51. The average molecular weight is 327 g/mol. The molecule has 0 aromatic carbocycles. The number of ether oxygens (including phenoxy) is 2. The zero-order chi connectivity index (χ0) is 16.3. The highest BCUT2D eigenvalue weighted by Gasteiger charge is 2.43. The molecule has 3 saturated heterocycles. The number of piperidine rings is 2. The first-order valence-electron chi connectivity index (χ1n) is 9.88. The van der Waals surface area contributed by atoms with Crippen molar-refractivity contribution in [1.29, 1.82) is 0 Å². The van der Waals surface area contributed by atoms with E-state index in [1.165, 1.54) is 49.7 Å². The fourth-order valence-electron chi connectivity index (χ4n) is 5.36. The van der Waals surface area contributed by atoms with Crippen LogP contribution in [0.5, 0.6) is 0 Å². The van der Waals surface area contributed by atoms with E-state index in [9.17, 15) is 0 Å². The van der Waals surface area contributed by atoms with E-state index < -0.39 is 0 Å². The molecule has 3 fully saturated rings. The van der Waals surface area contributed by atoms with Gasteiger partial charge in [-0.15, -0.1) is 0 Å². The van der Waals surface area contributed by atoms with Crippen molar-refractivity contribution in [2.75, 3.05) is 66.6 Å². The second-order valence-electron chi connectivity index (χ2n) is 8.90. The molecule has 3 rings (SSSR count). The van der Waals surface area contributed by atoms with E-state index in [0.29, 0.717) is 6.10 Å². The normalized spacial score (nSPS) is 38.7. The number of hydrogen-bond donors (Lipinski definition) is 0. The predicted molar refractivity (Wildman–Crippen MR) is 93.3 cm³/mol. The van der Waals surface area contributed by atoms with Crippen LogP contribution in [0.15, 0.2) is 0 Å². The van der Waals surface area contributed by atoms with Crippen molar-refractivity contribution in [2.24, 2.45) is 5.92 Å². The lowest BCUT2D eigenvalue weighted by molar-refractivity contribution is -0.947. The lowest BCUT2D eigenvalue weighted by atomic mass is 9.82. The van der Waals surface area contributed by atoms with Crippen LogP contribution in [0.3, 0.4) is 0 Å². The third-order valence-corrected chi connectivity index (χ3v) is 6.85. The molecular weight excluding hydrogens is 288 g/mol. The summed E-state index contributed by atoms with van der Waals surface area (Å²) >= 11 is 0. The Morgan fingerprint density at radius 1 is 1.00 bits per heavy atom. The van der Waals surface area contributed by atoms with Gasteiger partial charge in [0.25, 0.3) is 0 Å². The first-order chi connectivity index (χ1) is 11.0. The van der Waals surface area contributed by atoms with E-state index in [1.807, 2.05) is 0 Å². The third kappa shape index (κ3) is 4.28. The van der Waals surface area contributed by atoms with Crippen molar-refractivity contribution in [2.45, 2.75) is 51.2 Å². The van der Waals surface area contributed by atoms with Crippen molar-refractivity contribution in [3.8, 4) is 0 Å². The van der Waals surface area contributed by atoms with Gasteiger partial charge in [-0.05, 0) is 32.6 Å². The maximum Gasteiger partial charge on any atom is 0.105 e. The third-order valence-electron chi connectivity index (χ3n) is 6.85. The Morgan fingerprint density at radius 3 is 2.52 bits per heavy atom. The molecule has 4 nitrogen and oxygen atoms in total. The molecule has 4 atom stereocenters. The summed E-state index contributed by atoms with van der Waals surface area (Å²) in [6.07, 6.45) is 7.41. The van der Waals surface area contributed by atoms with E-state index in [2.05, 4.69) is 21.0 Å². The minimum absolute atomic E-state index is 0.363. The molecule has 0 aromatic heterocycles. The molecular formula is C19H38N2O2+2. The summed E-state index contributed by atoms with van der Waals surface area (Å²) in [5.41, 5.74) is 0. The van der Waals surface area contributed by atoms with Crippen LogP contribution in [0.2, 0.25) is 0 Å². The molecule has 134 valence electrons. The molecule has 0 saturated carbocycles. The second-order valence-corrected chi connectivity index (χ2v) is 8.90. The fourth-order valence-corrected chi connectivity index (χ4v) is 5.36. The number of likely N-dealkylation sites (N-methyl/N-ethyl adjacent to an activating group) is 1. The van der Waals surface area contributed by atoms with Gasteiger partial charge >= 0.3 is 0 Å². The first-order valence-corrected chi connectivity index (χ1v) is 9.88. The van der Waals surface area contributed by atoms with Crippen LogP contribution in [-0.4, -0.2) is 87.8 Å². The number of nitrogens with zero attached hydrogens (tertiary/aromatic N) is 2. The number of hydrogen-bond acceptors (Lipinski definition) is 2. The summed E-state index contributed by atoms with van der Waals surface area (Å²) in [5, 5.41) is 0. The molecule has 0 unspecified atom stereocenters. The fraction of sp³-hybridized carbons (Fsp3) is 1.00. The van der Waals surface area contributed by atoms with Gasteiger partial charge < -0.3 is 18.4 Å². The minimum Gasteiger partial charge on any atom is -0.372 e. The topological polar surface area (TPSA) is 18.5 Å². The van der Waals surface area contributed by atoms with Crippen LogP contribution in [-0.2, 0) is 9.47 Å². The number of rotatable bonds is 5. The Morgan fingerprint density at radius 2 is 1.74 bits per heavy atom. The first kappa shape index (κ1) is 17.7. The van der Waals surface area contributed by atoms with Gasteiger partial charge in [0.05, 0.1) is 53.0 Å². The standard InChI is InChI=1S/C19H38N2O2/c1-17(15-20(2)11-13-22-14-12-20)23-16-18-7-6-10-21(3)9-5-4-8-19(18)21/h17-19H,4-16H2,1-3H3/q+2/t17-,18+,19-,21+/m1/s1. The van der Waals surface area contributed by atoms with Gasteiger partial charge in [0.1, 0.15) is 25.7 Å². The van der Waals surface area contributed by atoms with E-state index in [0.717, 1.165) is 55.9 Å². The molecule has 0 spiro atoms. The van der Waals surface area contributed by atoms with Gasteiger partial charge in [-0.3, -0.25) is 0 Å². The van der Waals surface area contributed by atoms with Crippen LogP contribution in [0.4, 0.5) is 0 Å². The Balaban J connectivity index is 1.49. The van der Waals surface area contributed by atoms with Gasteiger partial charge in [0.2, 0.25) is 0 Å². The van der Waals surface area contributed by atoms with Gasteiger partial charge in [0, 0.05) is 12.3 Å². The van der Waals surface area contributed by atoms with Crippen molar-refractivity contribution < 1.29 is 18.4 Å². The number of quaternary nitrogens is 2. The van der Waals surface area contributed by atoms with E-state index in [4.69, 9.17) is 9.47 Å². The largest absolute Gasteiger partial charge is 0.372 e. The highest BCUT2D eigenvalue weighted by molar-refractivity contribution is 4.79. The monoisotopic (exact) mass is 326 g/mol. The maximum absolute atomic E-state index is 6.38. The molecule has 3 aliphatic heterocycles. The smallest absolute Gasteiger partial charge is 0.105 e. The zero-order valence-corrected chi connectivity index (χ0v) is 15.6. The van der Waals surface area contributed by atoms with E-state index >= 15 is 0 Å². The van der Waals surface area contributed by atoms with Gasteiger partial charge in [-0.2, -0.15) is 0 Å². The molecule has 3 aliphatic rings. The number of morpholine rings is 1. The highest BCUT2D eigenvalue weighted by atomic mass is 16.5. The van der Waals surface area contributed by atoms with Crippen molar-refractivity contribution in [1.82, 2.24) is 0 Å². The molecule has 23 heavy (non-hydrogen) atoms. The summed E-state index contributed by atoms with van der Waals surface area (Å²) in [6.45, 7) is 11.3. The van der Waals surface area contributed by atoms with Crippen LogP contribution in [0.1, 0.15) is 39.0 Å². The summed E-state index contributed by atoms with van der Waals surface area (Å²) < 4.78 is 14.3. The molecule has 0 bridgehead atoms. The minimum atomic E-state index is 0.363. The number of fused-ring (bicyclic) bond motifs is 1. The molecule has 3 heterocycles. The Kier molecular flexibility index (Phi) is 5.67. The Bertz CT molecular complexity index is 380. The maximum atomic E-state index is 6.38. The Labute approximate surface area is 142 Å². The molecule has 0 amide bonds. The molecule has 0 aromatic rings. The summed E-state index contributed by atoms with van der Waals surface area (Å²) in [4.78, 5) is 0. The van der Waals surface area contributed by atoms with Crippen molar-refractivity contribution >= 4 is 0 Å². The molecule has 4 heteroatoms.